The van der Waals surface area contributed by atoms with E-state index in [1.54, 1.807) is 0 Å². The third kappa shape index (κ3) is 2.41. The first kappa shape index (κ1) is 11.4. The fourth-order valence-electron chi connectivity index (χ4n) is 0.434. The molecular weight excluding hydrogens is 282 g/mol. The van der Waals surface area contributed by atoms with E-state index in [0.717, 1.165) is 22.6 Å². The average molecular weight is 288 g/mol. The molecule has 0 aromatic rings. The molecule has 1 unspecified atom stereocenters. The fraction of sp³-hybridized carbons (Fsp3) is 1.00. The highest BCUT2D eigenvalue weighted by Gasteiger charge is 2.60. The maximum Gasteiger partial charge on any atom is 0.454 e. The minimum atomic E-state index is -5.42. The van der Waals surface area contributed by atoms with E-state index in [2.05, 4.69) is 0 Å². The van der Waals surface area contributed by atoms with Crippen molar-refractivity contribution in [2.45, 2.75) is 29.4 Å². The zero-order chi connectivity index (χ0) is 9.28. The summed E-state index contributed by atoms with van der Waals surface area (Å²) in [6.45, 7) is 1.29. The van der Waals surface area contributed by atoms with Crippen LogP contribution in [0.25, 0.3) is 0 Å². The highest BCUT2D eigenvalue weighted by molar-refractivity contribution is 14.1. The van der Waals surface area contributed by atoms with Crippen LogP contribution in [0.15, 0.2) is 0 Å². The number of halogens is 6. The predicted molar refractivity (Wildman–Crippen MR) is 39.1 cm³/mol. The molecule has 0 aromatic carbocycles. The monoisotopic (exact) mass is 288 g/mol. The lowest BCUT2D eigenvalue weighted by Gasteiger charge is -2.23. The fourth-order valence-corrected chi connectivity index (χ4v) is 0.787. The Labute approximate surface area is 74.3 Å². The molecule has 0 aliphatic carbocycles. The van der Waals surface area contributed by atoms with Gasteiger partial charge in [0, 0.05) is 0 Å². The lowest BCUT2D eigenvalue weighted by Crippen LogP contribution is -2.43. The standard InChI is InChI=1S/C5H6F5I/c1-2-3(11)4(6,7)5(8,9)10/h3H,2H2,1H3. The predicted octanol–water partition coefficient (Wildman–Crippen LogP) is 3.40. The molecule has 0 radical (unpaired) electrons. The molecular formula is C5H6F5I. The lowest BCUT2D eigenvalue weighted by molar-refractivity contribution is -0.279. The van der Waals surface area contributed by atoms with Crippen molar-refractivity contribution in [3.63, 3.8) is 0 Å². The summed E-state index contributed by atoms with van der Waals surface area (Å²) in [5.74, 6) is -4.57. The molecule has 0 saturated heterocycles. The van der Waals surface area contributed by atoms with Crippen molar-refractivity contribution in [2.75, 3.05) is 0 Å². The second-order valence-electron chi connectivity index (χ2n) is 2.00. The smallest absolute Gasteiger partial charge is 0.195 e. The van der Waals surface area contributed by atoms with Gasteiger partial charge in [0.2, 0.25) is 0 Å². The molecule has 1 atom stereocenters. The first-order valence-electron chi connectivity index (χ1n) is 2.82. The third-order valence-corrected chi connectivity index (χ3v) is 2.79. The third-order valence-electron chi connectivity index (χ3n) is 1.13. The Morgan fingerprint density at radius 1 is 1.18 bits per heavy atom. The minimum absolute atomic E-state index is 0.201. The lowest BCUT2D eigenvalue weighted by atomic mass is 10.2. The summed E-state index contributed by atoms with van der Waals surface area (Å²) in [7, 11) is 0. The molecule has 68 valence electrons. The van der Waals surface area contributed by atoms with Gasteiger partial charge in [-0.15, -0.1) is 0 Å². The average Bonchev–Trinajstić information content (AvgIpc) is 1.83. The number of alkyl halides is 6. The van der Waals surface area contributed by atoms with Crippen molar-refractivity contribution in [3.8, 4) is 0 Å². The van der Waals surface area contributed by atoms with Gasteiger partial charge in [-0.05, 0) is 6.42 Å². The molecule has 11 heavy (non-hydrogen) atoms. The maximum absolute atomic E-state index is 12.2. The molecule has 0 amide bonds. The Morgan fingerprint density at radius 3 is 1.64 bits per heavy atom. The molecule has 0 spiro atoms. The van der Waals surface area contributed by atoms with Gasteiger partial charge in [-0.3, -0.25) is 0 Å². The molecule has 0 aromatic heterocycles. The largest absolute Gasteiger partial charge is 0.454 e. The van der Waals surface area contributed by atoms with Gasteiger partial charge in [-0.2, -0.15) is 22.0 Å². The van der Waals surface area contributed by atoms with Crippen LogP contribution < -0.4 is 0 Å². The van der Waals surface area contributed by atoms with E-state index in [0.29, 0.717) is 0 Å². The number of rotatable bonds is 2. The van der Waals surface area contributed by atoms with E-state index in [1.807, 2.05) is 0 Å². The van der Waals surface area contributed by atoms with Crippen LogP contribution in [-0.2, 0) is 0 Å². The molecule has 0 bridgehead atoms. The zero-order valence-electron chi connectivity index (χ0n) is 5.55. The maximum atomic E-state index is 12.2. The topological polar surface area (TPSA) is 0 Å². The highest BCUT2D eigenvalue weighted by atomic mass is 127. The summed E-state index contributed by atoms with van der Waals surface area (Å²) >= 11 is 1.10. The van der Waals surface area contributed by atoms with Crippen molar-refractivity contribution in [3.05, 3.63) is 0 Å². The van der Waals surface area contributed by atoms with Crippen LogP contribution in [0.1, 0.15) is 13.3 Å². The first-order valence-corrected chi connectivity index (χ1v) is 4.06. The Bertz CT molecular complexity index is 129. The van der Waals surface area contributed by atoms with Crippen LogP contribution >= 0.6 is 22.6 Å². The SMILES string of the molecule is CCC(I)C(F)(F)C(F)(F)F. The molecule has 0 aliphatic heterocycles. The Kier molecular flexibility index (Phi) is 3.52. The molecule has 0 aliphatic rings. The Balaban J connectivity index is 4.45. The van der Waals surface area contributed by atoms with Crippen molar-refractivity contribution in [1.29, 1.82) is 0 Å². The van der Waals surface area contributed by atoms with Gasteiger partial charge in [0.15, 0.2) is 0 Å². The van der Waals surface area contributed by atoms with Gasteiger partial charge in [0.25, 0.3) is 0 Å². The Morgan fingerprint density at radius 2 is 1.55 bits per heavy atom. The number of hydrogen-bond acceptors (Lipinski definition) is 0. The molecule has 6 heteroatoms. The van der Waals surface area contributed by atoms with Gasteiger partial charge >= 0.3 is 12.1 Å². The van der Waals surface area contributed by atoms with Gasteiger partial charge in [0.05, 0.1) is 3.92 Å². The number of hydrogen-bond donors (Lipinski definition) is 0. The van der Waals surface area contributed by atoms with Crippen LogP contribution in [0.4, 0.5) is 22.0 Å². The zero-order valence-corrected chi connectivity index (χ0v) is 7.71. The van der Waals surface area contributed by atoms with Crippen molar-refractivity contribution < 1.29 is 22.0 Å². The van der Waals surface area contributed by atoms with E-state index < -0.39 is 16.0 Å². The molecule has 0 saturated carbocycles. The van der Waals surface area contributed by atoms with Crippen LogP contribution in [0.2, 0.25) is 0 Å². The minimum Gasteiger partial charge on any atom is -0.195 e. The van der Waals surface area contributed by atoms with Crippen molar-refractivity contribution in [2.24, 2.45) is 0 Å². The van der Waals surface area contributed by atoms with Gasteiger partial charge < -0.3 is 0 Å². The van der Waals surface area contributed by atoms with Crippen LogP contribution in [-0.4, -0.2) is 16.0 Å². The molecule has 0 heterocycles. The second kappa shape index (κ2) is 3.40. The molecule has 0 N–H and O–H groups in total. The van der Waals surface area contributed by atoms with Gasteiger partial charge in [0.1, 0.15) is 0 Å². The molecule has 0 fully saturated rings. The quantitative estimate of drug-likeness (QED) is 0.415. The van der Waals surface area contributed by atoms with Gasteiger partial charge in [-0.25, -0.2) is 0 Å². The summed E-state index contributed by atoms with van der Waals surface area (Å²) in [4.78, 5) is 0. The van der Waals surface area contributed by atoms with E-state index in [-0.39, 0.29) is 6.42 Å². The Hall–Kier alpha value is 0.380. The second-order valence-corrected chi connectivity index (χ2v) is 3.50. The van der Waals surface area contributed by atoms with E-state index in [9.17, 15) is 22.0 Å². The van der Waals surface area contributed by atoms with Crippen LogP contribution in [0.3, 0.4) is 0 Å². The summed E-state index contributed by atoms with van der Waals surface area (Å²) in [5.41, 5.74) is 0. The van der Waals surface area contributed by atoms with Gasteiger partial charge in [-0.1, -0.05) is 29.5 Å². The summed E-state index contributed by atoms with van der Waals surface area (Å²) in [6, 6.07) is 0. The normalized spacial score (nSPS) is 16.6. The molecule has 0 rings (SSSR count). The highest BCUT2D eigenvalue weighted by Crippen LogP contribution is 2.42. The van der Waals surface area contributed by atoms with Crippen molar-refractivity contribution in [1.82, 2.24) is 0 Å². The van der Waals surface area contributed by atoms with Crippen LogP contribution in [0.5, 0.6) is 0 Å². The van der Waals surface area contributed by atoms with E-state index in [1.165, 1.54) is 6.92 Å². The molecule has 0 nitrogen and oxygen atoms in total. The van der Waals surface area contributed by atoms with Crippen LogP contribution in [0, 0.1) is 0 Å². The summed E-state index contributed by atoms with van der Waals surface area (Å²) < 4.78 is 57.3. The summed E-state index contributed by atoms with van der Waals surface area (Å²) in [6.07, 6.45) is -5.62. The van der Waals surface area contributed by atoms with E-state index >= 15 is 0 Å². The van der Waals surface area contributed by atoms with E-state index in [4.69, 9.17) is 0 Å². The first-order chi connectivity index (χ1) is 4.73. The van der Waals surface area contributed by atoms with Crippen molar-refractivity contribution >= 4 is 22.6 Å². The summed E-state index contributed by atoms with van der Waals surface area (Å²) in [5, 5.41) is 0.